The molecule has 1 atom stereocenters. The van der Waals surface area contributed by atoms with Gasteiger partial charge in [0, 0.05) is 0 Å². The second-order valence-electron chi connectivity index (χ2n) is 1.78. The Kier molecular flexibility index (Phi) is 4.50. The Labute approximate surface area is 68.2 Å². The largest absolute Gasteiger partial charge is 0.229 e. The smallest absolute Gasteiger partial charge is 0.190 e. The average Bonchev–Trinajstić information content (AvgIpc) is 1.84. The molecule has 3 heteroatoms. The molecule has 0 aliphatic heterocycles. The molecule has 0 spiro atoms. The molecule has 0 heterocycles. The van der Waals surface area contributed by atoms with Crippen LogP contribution in [0.3, 0.4) is 0 Å². The maximum Gasteiger partial charge on any atom is 0.190 e. The molecule has 0 nitrogen and oxygen atoms in total. The molecule has 0 aliphatic rings. The molecule has 0 aromatic heterocycles. The first-order chi connectivity index (χ1) is 4.09. The van der Waals surface area contributed by atoms with Crippen LogP contribution in [0.1, 0.15) is 20.3 Å². The number of allylic oxidation sites excluding steroid dienone is 2. The van der Waals surface area contributed by atoms with Crippen LogP contribution in [-0.2, 0) is 0 Å². The van der Waals surface area contributed by atoms with E-state index in [0.717, 1.165) is 12.0 Å². The number of halogens is 3. The van der Waals surface area contributed by atoms with Crippen LogP contribution in [-0.4, -0.2) is 5.08 Å². The lowest BCUT2D eigenvalue weighted by Crippen LogP contribution is -1.89. The third-order valence-corrected chi connectivity index (χ3v) is 2.37. The fraction of sp³-hybridized carbons (Fsp3) is 0.667. The van der Waals surface area contributed by atoms with Crippen molar-refractivity contribution in [2.24, 2.45) is 0 Å². The Bertz CT molecular complexity index is 120. The minimum Gasteiger partial charge on any atom is -0.229 e. The summed E-state index contributed by atoms with van der Waals surface area (Å²) in [6.45, 7) is 3.75. The molecule has 0 amide bonds. The Morgan fingerprint density at radius 1 is 1.78 bits per heavy atom. The fourth-order valence-electron chi connectivity index (χ4n) is 0.355. The SMILES string of the molecule is CCC(C)=C(Cl)C(F)Br. The highest BCUT2D eigenvalue weighted by Crippen LogP contribution is 2.22. The van der Waals surface area contributed by atoms with Gasteiger partial charge in [-0.05, 0) is 29.3 Å². The molecule has 0 saturated carbocycles. The third kappa shape index (κ3) is 3.21. The van der Waals surface area contributed by atoms with E-state index >= 15 is 0 Å². The number of alkyl halides is 2. The van der Waals surface area contributed by atoms with Crippen LogP contribution in [0, 0.1) is 0 Å². The standard InChI is InChI=1S/C6H9BrClF/c1-3-4(2)5(8)6(7)9/h6H,3H2,1-2H3. The molecule has 0 aromatic carbocycles. The van der Waals surface area contributed by atoms with E-state index in [-0.39, 0.29) is 5.03 Å². The number of hydrogen-bond acceptors (Lipinski definition) is 0. The second-order valence-corrected chi connectivity index (χ2v) is 2.99. The van der Waals surface area contributed by atoms with Gasteiger partial charge in [0.1, 0.15) is 0 Å². The van der Waals surface area contributed by atoms with Crippen LogP contribution in [0.4, 0.5) is 4.39 Å². The predicted octanol–water partition coefficient (Wildman–Crippen LogP) is 3.60. The molecule has 1 unspecified atom stereocenters. The van der Waals surface area contributed by atoms with Crippen molar-refractivity contribution in [3.8, 4) is 0 Å². The Morgan fingerprint density at radius 3 is 2.33 bits per heavy atom. The second kappa shape index (κ2) is 4.29. The summed E-state index contributed by atoms with van der Waals surface area (Å²) in [6, 6.07) is 0. The first-order valence-corrected chi connectivity index (χ1v) is 4.02. The molecular weight excluding hydrogens is 206 g/mol. The van der Waals surface area contributed by atoms with Crippen LogP contribution >= 0.6 is 27.5 Å². The number of rotatable bonds is 2. The number of hydrogen-bond donors (Lipinski definition) is 0. The van der Waals surface area contributed by atoms with Gasteiger partial charge in [-0.1, -0.05) is 24.1 Å². The monoisotopic (exact) mass is 214 g/mol. The lowest BCUT2D eigenvalue weighted by atomic mass is 10.2. The van der Waals surface area contributed by atoms with Crippen molar-refractivity contribution in [3.05, 3.63) is 10.6 Å². The fourth-order valence-corrected chi connectivity index (χ4v) is 0.880. The maximum absolute atomic E-state index is 12.3. The minimum atomic E-state index is -1.20. The van der Waals surface area contributed by atoms with E-state index < -0.39 is 5.08 Å². The zero-order chi connectivity index (χ0) is 7.44. The summed E-state index contributed by atoms with van der Waals surface area (Å²) in [6.07, 6.45) is 0.796. The van der Waals surface area contributed by atoms with Gasteiger partial charge in [-0.15, -0.1) is 0 Å². The first kappa shape index (κ1) is 9.44. The summed E-state index contributed by atoms with van der Waals surface area (Å²) in [4.78, 5) is 0. The van der Waals surface area contributed by atoms with Gasteiger partial charge < -0.3 is 0 Å². The van der Waals surface area contributed by atoms with E-state index in [1.165, 1.54) is 0 Å². The highest BCUT2D eigenvalue weighted by molar-refractivity contribution is 9.09. The van der Waals surface area contributed by atoms with Gasteiger partial charge in [-0.2, -0.15) is 0 Å². The van der Waals surface area contributed by atoms with Crippen LogP contribution in [0.2, 0.25) is 0 Å². The van der Waals surface area contributed by atoms with Gasteiger partial charge in [0.05, 0.1) is 5.03 Å². The van der Waals surface area contributed by atoms with E-state index in [0.29, 0.717) is 0 Å². The predicted molar refractivity (Wildman–Crippen MR) is 42.7 cm³/mol. The summed E-state index contributed by atoms with van der Waals surface area (Å²) < 4.78 is 12.3. The van der Waals surface area contributed by atoms with Crippen molar-refractivity contribution in [1.29, 1.82) is 0 Å². The molecule has 0 aromatic rings. The molecular formula is C6H9BrClF. The summed E-state index contributed by atoms with van der Waals surface area (Å²) in [7, 11) is 0. The zero-order valence-electron chi connectivity index (χ0n) is 5.42. The van der Waals surface area contributed by atoms with E-state index in [1.807, 2.05) is 13.8 Å². The minimum absolute atomic E-state index is 0.275. The van der Waals surface area contributed by atoms with Gasteiger partial charge in [0.25, 0.3) is 0 Å². The lowest BCUT2D eigenvalue weighted by molar-refractivity contribution is 0.519. The van der Waals surface area contributed by atoms with E-state index in [4.69, 9.17) is 11.6 Å². The van der Waals surface area contributed by atoms with Crippen molar-refractivity contribution in [1.82, 2.24) is 0 Å². The highest BCUT2D eigenvalue weighted by atomic mass is 79.9. The van der Waals surface area contributed by atoms with E-state index in [1.54, 1.807) is 0 Å². The Hall–Kier alpha value is 0.440. The summed E-state index contributed by atoms with van der Waals surface area (Å²) in [5, 5.41) is -0.920. The van der Waals surface area contributed by atoms with Crippen molar-refractivity contribution in [3.63, 3.8) is 0 Å². The van der Waals surface area contributed by atoms with Crippen LogP contribution < -0.4 is 0 Å². The van der Waals surface area contributed by atoms with E-state index in [2.05, 4.69) is 15.9 Å². The molecule has 0 fully saturated rings. The van der Waals surface area contributed by atoms with Gasteiger partial charge in [-0.25, -0.2) is 4.39 Å². The molecule has 0 aliphatic carbocycles. The van der Waals surface area contributed by atoms with Gasteiger partial charge in [-0.3, -0.25) is 0 Å². The van der Waals surface area contributed by atoms with Gasteiger partial charge in [0.15, 0.2) is 5.08 Å². The first-order valence-electron chi connectivity index (χ1n) is 2.72. The summed E-state index contributed by atoms with van der Waals surface area (Å²) in [5.74, 6) is 0. The van der Waals surface area contributed by atoms with Crippen molar-refractivity contribution < 1.29 is 4.39 Å². The lowest BCUT2D eigenvalue weighted by Gasteiger charge is -2.01. The summed E-state index contributed by atoms with van der Waals surface area (Å²) >= 11 is 8.25. The Morgan fingerprint density at radius 2 is 2.22 bits per heavy atom. The normalized spacial score (nSPS) is 17.0. The Balaban J connectivity index is 4.10. The molecule has 0 bridgehead atoms. The topological polar surface area (TPSA) is 0 Å². The van der Waals surface area contributed by atoms with Crippen LogP contribution in [0.5, 0.6) is 0 Å². The highest BCUT2D eigenvalue weighted by Gasteiger charge is 2.06. The molecule has 0 rings (SSSR count). The van der Waals surface area contributed by atoms with Crippen molar-refractivity contribution in [2.45, 2.75) is 25.3 Å². The molecule has 54 valence electrons. The average molecular weight is 215 g/mol. The van der Waals surface area contributed by atoms with Crippen LogP contribution in [0.15, 0.2) is 10.6 Å². The van der Waals surface area contributed by atoms with Gasteiger partial charge in [0.2, 0.25) is 0 Å². The third-order valence-electron chi connectivity index (χ3n) is 1.13. The quantitative estimate of drug-likeness (QED) is 0.618. The molecule has 0 radical (unpaired) electrons. The van der Waals surface area contributed by atoms with Gasteiger partial charge >= 0.3 is 0 Å². The molecule has 9 heavy (non-hydrogen) atoms. The molecule has 0 N–H and O–H groups in total. The van der Waals surface area contributed by atoms with E-state index in [9.17, 15) is 4.39 Å². The zero-order valence-corrected chi connectivity index (χ0v) is 7.76. The summed E-state index contributed by atoms with van der Waals surface area (Å²) in [5.41, 5.74) is 0.890. The van der Waals surface area contributed by atoms with Crippen molar-refractivity contribution >= 4 is 27.5 Å². The van der Waals surface area contributed by atoms with Crippen molar-refractivity contribution in [2.75, 3.05) is 0 Å². The maximum atomic E-state index is 12.3. The van der Waals surface area contributed by atoms with Crippen LogP contribution in [0.25, 0.3) is 0 Å². The molecule has 0 saturated heterocycles.